The molecule has 0 aliphatic rings. The van der Waals surface area contributed by atoms with Crippen LogP contribution in [0.1, 0.15) is 24.7 Å². The predicted octanol–water partition coefficient (Wildman–Crippen LogP) is 3.58. The number of anilines is 1. The second-order valence-corrected chi connectivity index (χ2v) is 5.58. The van der Waals surface area contributed by atoms with Crippen molar-refractivity contribution in [2.75, 3.05) is 5.32 Å². The number of halogens is 3. The molecule has 1 aromatic carbocycles. The summed E-state index contributed by atoms with van der Waals surface area (Å²) in [5.74, 6) is -0.772. The van der Waals surface area contributed by atoms with Gasteiger partial charge in [0.25, 0.3) is 5.82 Å². The number of benzene rings is 1. The van der Waals surface area contributed by atoms with Crippen LogP contribution in [0.15, 0.2) is 42.5 Å². The smallest absolute Gasteiger partial charge is 0.366 e. The molecule has 0 aliphatic heterocycles. The summed E-state index contributed by atoms with van der Waals surface area (Å²) in [5, 5.41) is 13.7. The van der Waals surface area contributed by atoms with Gasteiger partial charge < -0.3 is 5.32 Å². The Morgan fingerprint density at radius 2 is 1.83 bits per heavy atom. The Hall–Kier alpha value is -2.64. The molecule has 24 heavy (non-hydrogen) atoms. The van der Waals surface area contributed by atoms with E-state index in [1.807, 2.05) is 37.3 Å². The fourth-order valence-electron chi connectivity index (χ4n) is 2.40. The minimum absolute atomic E-state index is 0.0565. The molecule has 0 saturated carbocycles. The predicted molar refractivity (Wildman–Crippen MR) is 83.6 cm³/mol. The van der Waals surface area contributed by atoms with Gasteiger partial charge in [0.1, 0.15) is 5.82 Å². The molecule has 1 N–H and O–H groups in total. The summed E-state index contributed by atoms with van der Waals surface area (Å²) in [7, 11) is 0. The van der Waals surface area contributed by atoms with Crippen LogP contribution in [0.5, 0.6) is 0 Å². The lowest BCUT2D eigenvalue weighted by Gasteiger charge is -2.14. The maximum Gasteiger partial charge on any atom is 0.453 e. The zero-order valence-electron chi connectivity index (χ0n) is 13.0. The first kappa shape index (κ1) is 16.2. The van der Waals surface area contributed by atoms with Crippen LogP contribution in [-0.4, -0.2) is 25.9 Å². The summed E-state index contributed by atoms with van der Waals surface area (Å²) in [6.45, 7) is 1.96. The van der Waals surface area contributed by atoms with E-state index in [4.69, 9.17) is 0 Å². The molecule has 1 atom stereocenters. The molecule has 0 bridgehead atoms. The number of nitrogens with one attached hydrogen (secondary N) is 1. The molecule has 126 valence electrons. The molecule has 0 fully saturated rings. The number of aryl methyl sites for hydroxylation is 1. The largest absolute Gasteiger partial charge is 0.453 e. The Labute approximate surface area is 136 Å². The Morgan fingerprint density at radius 3 is 2.54 bits per heavy atom. The SMILES string of the molecule is C[C@@H](CCc1ccccc1)Nc1ccc2nnc(C(F)(F)F)n2n1. The lowest BCUT2D eigenvalue weighted by Crippen LogP contribution is -2.19. The van der Waals surface area contributed by atoms with Gasteiger partial charge in [-0.05, 0) is 37.5 Å². The molecule has 0 spiro atoms. The van der Waals surface area contributed by atoms with Gasteiger partial charge in [0, 0.05) is 6.04 Å². The number of alkyl halides is 3. The third-order valence-corrected chi connectivity index (χ3v) is 3.62. The molecule has 3 aromatic rings. The molecule has 3 rings (SSSR count). The molecule has 5 nitrogen and oxygen atoms in total. The molecule has 8 heteroatoms. The molecule has 0 radical (unpaired) electrons. The van der Waals surface area contributed by atoms with Crippen LogP contribution in [-0.2, 0) is 12.6 Å². The third kappa shape index (κ3) is 3.64. The zero-order chi connectivity index (χ0) is 17.2. The highest BCUT2D eigenvalue weighted by Crippen LogP contribution is 2.27. The molecule has 0 amide bonds. The van der Waals surface area contributed by atoms with Gasteiger partial charge in [-0.3, -0.25) is 0 Å². The van der Waals surface area contributed by atoms with Crippen molar-refractivity contribution in [2.24, 2.45) is 0 Å². The fourth-order valence-corrected chi connectivity index (χ4v) is 2.40. The fraction of sp³-hybridized carbons (Fsp3) is 0.312. The van der Waals surface area contributed by atoms with E-state index in [-0.39, 0.29) is 11.7 Å². The van der Waals surface area contributed by atoms with Crippen LogP contribution in [0.3, 0.4) is 0 Å². The highest BCUT2D eigenvalue weighted by atomic mass is 19.4. The average molecular weight is 335 g/mol. The van der Waals surface area contributed by atoms with Crippen LogP contribution < -0.4 is 5.32 Å². The summed E-state index contributed by atoms with van der Waals surface area (Å²) >= 11 is 0. The van der Waals surface area contributed by atoms with Crippen molar-refractivity contribution in [2.45, 2.75) is 32.0 Å². The highest BCUT2D eigenvalue weighted by molar-refractivity contribution is 5.44. The maximum atomic E-state index is 12.9. The van der Waals surface area contributed by atoms with Crippen LogP contribution in [0, 0.1) is 0 Å². The standard InChI is InChI=1S/C16H16F3N5/c1-11(7-8-12-5-3-2-4-6-12)20-13-9-10-14-21-22-15(16(17,18)19)24(14)23-13/h2-6,9-11H,7-8H2,1H3,(H,20,23)/t11-/m0/s1. The van der Waals surface area contributed by atoms with E-state index in [1.54, 1.807) is 6.07 Å². The van der Waals surface area contributed by atoms with Crippen molar-refractivity contribution in [3.63, 3.8) is 0 Å². The second-order valence-electron chi connectivity index (χ2n) is 5.58. The van der Waals surface area contributed by atoms with E-state index in [0.29, 0.717) is 10.3 Å². The molecule has 0 aliphatic carbocycles. The topological polar surface area (TPSA) is 55.1 Å². The van der Waals surface area contributed by atoms with E-state index in [0.717, 1.165) is 12.8 Å². The summed E-state index contributed by atoms with van der Waals surface area (Å²) in [6.07, 6.45) is -2.89. The summed E-state index contributed by atoms with van der Waals surface area (Å²) < 4.78 is 39.3. The lowest BCUT2D eigenvalue weighted by atomic mass is 10.1. The van der Waals surface area contributed by atoms with Gasteiger partial charge in [0.2, 0.25) is 0 Å². The summed E-state index contributed by atoms with van der Waals surface area (Å²) in [4.78, 5) is 0. The van der Waals surface area contributed by atoms with Crippen LogP contribution in [0.4, 0.5) is 19.0 Å². The Morgan fingerprint density at radius 1 is 1.08 bits per heavy atom. The van der Waals surface area contributed by atoms with Gasteiger partial charge in [0.15, 0.2) is 5.65 Å². The Balaban J connectivity index is 1.70. The number of nitrogens with zero attached hydrogens (tertiary/aromatic N) is 4. The highest BCUT2D eigenvalue weighted by Gasteiger charge is 2.37. The van der Waals surface area contributed by atoms with Gasteiger partial charge in [-0.25, -0.2) is 0 Å². The number of aromatic nitrogens is 4. The van der Waals surface area contributed by atoms with Crippen molar-refractivity contribution in [1.29, 1.82) is 0 Å². The van der Waals surface area contributed by atoms with Crippen molar-refractivity contribution < 1.29 is 13.2 Å². The Bertz CT molecular complexity index is 813. The molecule has 0 saturated heterocycles. The maximum absolute atomic E-state index is 12.9. The van der Waals surface area contributed by atoms with Crippen LogP contribution in [0.25, 0.3) is 5.65 Å². The van der Waals surface area contributed by atoms with E-state index in [2.05, 4.69) is 20.6 Å². The van der Waals surface area contributed by atoms with Crippen molar-refractivity contribution in [1.82, 2.24) is 19.8 Å². The van der Waals surface area contributed by atoms with Crippen LogP contribution in [0.2, 0.25) is 0 Å². The monoisotopic (exact) mass is 335 g/mol. The average Bonchev–Trinajstić information content (AvgIpc) is 2.97. The minimum Gasteiger partial charge on any atom is -0.366 e. The summed E-state index contributed by atoms with van der Waals surface area (Å²) in [6, 6.07) is 13.1. The number of hydrogen-bond donors (Lipinski definition) is 1. The van der Waals surface area contributed by atoms with Gasteiger partial charge >= 0.3 is 6.18 Å². The first-order valence-electron chi connectivity index (χ1n) is 7.53. The van der Waals surface area contributed by atoms with Gasteiger partial charge in [-0.15, -0.1) is 15.3 Å². The van der Waals surface area contributed by atoms with Crippen LogP contribution >= 0.6 is 0 Å². The van der Waals surface area contributed by atoms with E-state index in [9.17, 15) is 13.2 Å². The van der Waals surface area contributed by atoms with E-state index < -0.39 is 12.0 Å². The number of rotatable bonds is 5. The van der Waals surface area contributed by atoms with E-state index in [1.165, 1.54) is 11.6 Å². The zero-order valence-corrected chi connectivity index (χ0v) is 13.0. The first-order chi connectivity index (χ1) is 11.4. The lowest BCUT2D eigenvalue weighted by molar-refractivity contribution is -0.146. The molecule has 0 unspecified atom stereocenters. The van der Waals surface area contributed by atoms with Gasteiger partial charge in [-0.1, -0.05) is 30.3 Å². The normalized spacial score (nSPS) is 13.2. The van der Waals surface area contributed by atoms with Gasteiger partial charge in [0.05, 0.1) is 0 Å². The molecular formula is C16H16F3N5. The quantitative estimate of drug-likeness (QED) is 0.774. The number of hydrogen-bond acceptors (Lipinski definition) is 4. The minimum atomic E-state index is -4.59. The van der Waals surface area contributed by atoms with Crippen molar-refractivity contribution in [3.8, 4) is 0 Å². The Kier molecular flexibility index (Phi) is 4.37. The number of fused-ring (bicyclic) bond motifs is 1. The van der Waals surface area contributed by atoms with Gasteiger partial charge in [-0.2, -0.15) is 17.7 Å². The molecule has 2 aromatic heterocycles. The van der Waals surface area contributed by atoms with Crippen molar-refractivity contribution >= 4 is 11.5 Å². The second kappa shape index (κ2) is 6.46. The van der Waals surface area contributed by atoms with Crippen molar-refractivity contribution in [3.05, 3.63) is 53.9 Å². The first-order valence-corrected chi connectivity index (χ1v) is 7.53. The third-order valence-electron chi connectivity index (χ3n) is 3.62. The summed E-state index contributed by atoms with van der Waals surface area (Å²) in [5.41, 5.74) is 1.28. The molecule has 2 heterocycles. The molecular weight excluding hydrogens is 319 g/mol. The van der Waals surface area contributed by atoms with E-state index >= 15 is 0 Å².